The van der Waals surface area contributed by atoms with Gasteiger partial charge in [-0.3, -0.25) is 4.79 Å². The highest BCUT2D eigenvalue weighted by atomic mass is 35.5. The molecule has 2 rings (SSSR count). The molecule has 0 spiro atoms. The van der Waals surface area contributed by atoms with E-state index >= 15 is 0 Å². The third kappa shape index (κ3) is 3.26. The fourth-order valence-corrected chi connectivity index (χ4v) is 1.97. The number of carbonyl (C=O) groups excluding carboxylic acids is 1. The summed E-state index contributed by atoms with van der Waals surface area (Å²) in [6, 6.07) is 14.5. The smallest absolute Gasteiger partial charge is 0.231 e. The SMILES string of the molecule is CN(C(=O)Cc1ccccc1Cl)c1ccc(N)cc1. The predicted octanol–water partition coefficient (Wildman–Crippen LogP) is 3.13. The van der Waals surface area contributed by atoms with Gasteiger partial charge in [-0.15, -0.1) is 0 Å². The van der Waals surface area contributed by atoms with Crippen molar-refractivity contribution in [1.82, 2.24) is 0 Å². The number of nitrogen functional groups attached to an aromatic ring is 1. The van der Waals surface area contributed by atoms with Crippen molar-refractivity contribution >= 4 is 28.9 Å². The van der Waals surface area contributed by atoms with E-state index in [1.807, 2.05) is 30.3 Å². The van der Waals surface area contributed by atoms with E-state index in [0.717, 1.165) is 11.3 Å². The number of likely N-dealkylation sites (N-methyl/N-ethyl adjacent to an activating group) is 1. The quantitative estimate of drug-likeness (QED) is 0.874. The van der Waals surface area contributed by atoms with Gasteiger partial charge in [0, 0.05) is 23.4 Å². The number of nitrogens with two attached hydrogens (primary N) is 1. The van der Waals surface area contributed by atoms with Crippen LogP contribution in [-0.4, -0.2) is 13.0 Å². The van der Waals surface area contributed by atoms with Crippen LogP contribution >= 0.6 is 11.6 Å². The van der Waals surface area contributed by atoms with E-state index in [0.29, 0.717) is 10.7 Å². The van der Waals surface area contributed by atoms with Crippen LogP contribution in [0, 0.1) is 0 Å². The number of amides is 1. The zero-order valence-electron chi connectivity index (χ0n) is 10.6. The van der Waals surface area contributed by atoms with Crippen LogP contribution in [0.15, 0.2) is 48.5 Å². The summed E-state index contributed by atoms with van der Waals surface area (Å²) in [4.78, 5) is 13.8. The molecule has 0 unspecified atom stereocenters. The lowest BCUT2D eigenvalue weighted by molar-refractivity contribution is -0.117. The minimum atomic E-state index is -0.0159. The number of hydrogen-bond donors (Lipinski definition) is 1. The molecule has 0 aromatic heterocycles. The van der Waals surface area contributed by atoms with Gasteiger partial charge in [-0.05, 0) is 35.9 Å². The molecule has 1 amide bonds. The number of rotatable bonds is 3. The topological polar surface area (TPSA) is 46.3 Å². The molecule has 19 heavy (non-hydrogen) atoms. The maximum Gasteiger partial charge on any atom is 0.231 e. The Morgan fingerprint density at radius 1 is 1.16 bits per heavy atom. The average molecular weight is 275 g/mol. The lowest BCUT2D eigenvalue weighted by Crippen LogP contribution is -2.27. The first-order chi connectivity index (χ1) is 9.08. The summed E-state index contributed by atoms with van der Waals surface area (Å²) >= 11 is 6.05. The Labute approximate surface area is 117 Å². The average Bonchev–Trinajstić information content (AvgIpc) is 2.41. The molecule has 4 heteroatoms. The van der Waals surface area contributed by atoms with Crippen LogP contribution < -0.4 is 10.6 Å². The Morgan fingerprint density at radius 2 is 1.79 bits per heavy atom. The summed E-state index contributed by atoms with van der Waals surface area (Å²) in [5.41, 5.74) is 7.94. The van der Waals surface area contributed by atoms with Crippen LogP contribution in [0.3, 0.4) is 0 Å². The van der Waals surface area contributed by atoms with Gasteiger partial charge >= 0.3 is 0 Å². The predicted molar refractivity (Wildman–Crippen MR) is 79.4 cm³/mol. The molecule has 0 saturated carbocycles. The zero-order valence-corrected chi connectivity index (χ0v) is 11.4. The third-order valence-corrected chi connectivity index (χ3v) is 3.32. The number of anilines is 2. The third-order valence-electron chi connectivity index (χ3n) is 2.95. The van der Waals surface area contributed by atoms with Crippen LogP contribution in [0.25, 0.3) is 0 Å². The van der Waals surface area contributed by atoms with Crippen molar-refractivity contribution in [3.05, 3.63) is 59.1 Å². The number of benzene rings is 2. The van der Waals surface area contributed by atoms with Crippen LogP contribution in [-0.2, 0) is 11.2 Å². The lowest BCUT2D eigenvalue weighted by atomic mass is 10.1. The summed E-state index contributed by atoms with van der Waals surface area (Å²) in [6.45, 7) is 0. The zero-order chi connectivity index (χ0) is 13.8. The van der Waals surface area contributed by atoms with E-state index in [4.69, 9.17) is 17.3 Å². The Morgan fingerprint density at radius 3 is 2.42 bits per heavy atom. The van der Waals surface area contributed by atoms with Crippen LogP contribution in [0.2, 0.25) is 5.02 Å². The minimum absolute atomic E-state index is 0.0159. The van der Waals surface area contributed by atoms with Gasteiger partial charge in [0.1, 0.15) is 0 Å². The standard InChI is InChI=1S/C15H15ClN2O/c1-18(13-8-6-12(17)7-9-13)15(19)10-11-4-2-3-5-14(11)16/h2-9H,10,17H2,1H3. The summed E-state index contributed by atoms with van der Waals surface area (Å²) in [7, 11) is 1.74. The van der Waals surface area contributed by atoms with Crippen LogP contribution in [0.5, 0.6) is 0 Å². The highest BCUT2D eigenvalue weighted by Gasteiger charge is 2.13. The summed E-state index contributed by atoms with van der Waals surface area (Å²) in [5, 5.41) is 0.613. The highest BCUT2D eigenvalue weighted by molar-refractivity contribution is 6.31. The van der Waals surface area contributed by atoms with Gasteiger partial charge in [0.25, 0.3) is 0 Å². The molecule has 2 N–H and O–H groups in total. The summed E-state index contributed by atoms with van der Waals surface area (Å²) in [5.74, 6) is -0.0159. The second kappa shape index (κ2) is 5.76. The van der Waals surface area contributed by atoms with Crippen molar-refractivity contribution in [2.75, 3.05) is 17.7 Å². The number of halogens is 1. The largest absolute Gasteiger partial charge is 0.399 e. The molecule has 0 aliphatic heterocycles. The minimum Gasteiger partial charge on any atom is -0.399 e. The van der Waals surface area contributed by atoms with Gasteiger partial charge in [-0.2, -0.15) is 0 Å². The van der Waals surface area contributed by atoms with Crippen molar-refractivity contribution < 1.29 is 4.79 Å². The first-order valence-corrected chi connectivity index (χ1v) is 6.31. The molecular formula is C15H15ClN2O. The first-order valence-electron chi connectivity index (χ1n) is 5.93. The second-order valence-corrected chi connectivity index (χ2v) is 4.72. The van der Waals surface area contributed by atoms with Gasteiger partial charge in [-0.1, -0.05) is 29.8 Å². The van der Waals surface area contributed by atoms with Gasteiger partial charge in [0.2, 0.25) is 5.91 Å². The fourth-order valence-electron chi connectivity index (χ4n) is 1.77. The number of hydrogen-bond acceptors (Lipinski definition) is 2. The van der Waals surface area contributed by atoms with Gasteiger partial charge in [-0.25, -0.2) is 0 Å². The van der Waals surface area contributed by atoms with Gasteiger partial charge < -0.3 is 10.6 Å². The molecule has 0 heterocycles. The van der Waals surface area contributed by atoms with E-state index < -0.39 is 0 Å². The number of nitrogens with zero attached hydrogens (tertiary/aromatic N) is 1. The van der Waals surface area contributed by atoms with Gasteiger partial charge in [0.15, 0.2) is 0 Å². The molecule has 0 saturated heterocycles. The highest BCUT2D eigenvalue weighted by Crippen LogP contribution is 2.19. The van der Waals surface area contributed by atoms with E-state index in [2.05, 4.69) is 0 Å². The maximum atomic E-state index is 12.2. The molecule has 0 aliphatic rings. The van der Waals surface area contributed by atoms with E-state index in [1.165, 1.54) is 0 Å². The molecule has 3 nitrogen and oxygen atoms in total. The summed E-state index contributed by atoms with van der Waals surface area (Å²) < 4.78 is 0. The Bertz CT molecular complexity index is 581. The second-order valence-electron chi connectivity index (χ2n) is 4.31. The monoisotopic (exact) mass is 274 g/mol. The molecular weight excluding hydrogens is 260 g/mol. The Hall–Kier alpha value is -2.00. The lowest BCUT2D eigenvalue weighted by Gasteiger charge is -2.17. The maximum absolute atomic E-state index is 12.2. The van der Waals surface area contributed by atoms with Crippen molar-refractivity contribution in [3.63, 3.8) is 0 Å². The van der Waals surface area contributed by atoms with Crippen LogP contribution in [0.1, 0.15) is 5.56 Å². The molecule has 0 fully saturated rings. The van der Waals surface area contributed by atoms with Crippen molar-refractivity contribution in [3.8, 4) is 0 Å². The molecule has 2 aromatic rings. The normalized spacial score (nSPS) is 10.2. The van der Waals surface area contributed by atoms with E-state index in [9.17, 15) is 4.79 Å². The van der Waals surface area contributed by atoms with Crippen LogP contribution in [0.4, 0.5) is 11.4 Å². The fraction of sp³-hybridized carbons (Fsp3) is 0.133. The van der Waals surface area contributed by atoms with Gasteiger partial charge in [0.05, 0.1) is 6.42 Å². The molecule has 0 aliphatic carbocycles. The molecule has 0 radical (unpaired) electrons. The van der Waals surface area contributed by atoms with Crippen molar-refractivity contribution in [2.45, 2.75) is 6.42 Å². The molecule has 2 aromatic carbocycles. The van der Waals surface area contributed by atoms with Crippen molar-refractivity contribution in [2.24, 2.45) is 0 Å². The summed E-state index contributed by atoms with van der Waals surface area (Å²) in [6.07, 6.45) is 0.278. The van der Waals surface area contributed by atoms with Crippen molar-refractivity contribution in [1.29, 1.82) is 0 Å². The van der Waals surface area contributed by atoms with E-state index in [-0.39, 0.29) is 12.3 Å². The Balaban J connectivity index is 2.12. The molecule has 98 valence electrons. The first kappa shape index (κ1) is 13.4. The van der Waals surface area contributed by atoms with E-state index in [1.54, 1.807) is 30.1 Å². The Kier molecular flexibility index (Phi) is 4.07. The molecule has 0 bridgehead atoms. The molecule has 0 atom stereocenters. The number of carbonyl (C=O) groups is 1.